The molecule has 4 aromatic rings. The van der Waals surface area contributed by atoms with E-state index >= 15 is 0 Å². The zero-order chi connectivity index (χ0) is 19.2. The molecule has 0 saturated heterocycles. The van der Waals surface area contributed by atoms with Crippen molar-refractivity contribution in [1.29, 1.82) is 0 Å². The normalized spacial score (nSPS) is 10.7. The van der Waals surface area contributed by atoms with Crippen molar-refractivity contribution in [2.24, 2.45) is 0 Å². The molecule has 2 aromatic heterocycles. The summed E-state index contributed by atoms with van der Waals surface area (Å²) in [7, 11) is 0. The van der Waals surface area contributed by atoms with Crippen LogP contribution in [-0.4, -0.2) is 29.2 Å². The van der Waals surface area contributed by atoms with Crippen molar-refractivity contribution < 1.29 is 14.1 Å². The summed E-state index contributed by atoms with van der Waals surface area (Å²) in [5, 5.41) is 7.71. The van der Waals surface area contributed by atoms with Gasteiger partial charge in [0.15, 0.2) is 11.5 Å². The van der Waals surface area contributed by atoms with E-state index in [1.807, 2.05) is 60.7 Å². The van der Waals surface area contributed by atoms with E-state index in [0.29, 0.717) is 25.3 Å². The van der Waals surface area contributed by atoms with E-state index in [0.717, 1.165) is 22.2 Å². The Kier molecular flexibility index (Phi) is 5.29. The van der Waals surface area contributed by atoms with E-state index in [9.17, 15) is 4.79 Å². The Morgan fingerprint density at radius 3 is 2.79 bits per heavy atom. The third-order valence-corrected chi connectivity index (χ3v) is 4.26. The van der Waals surface area contributed by atoms with Crippen LogP contribution in [0.2, 0.25) is 0 Å². The van der Waals surface area contributed by atoms with Gasteiger partial charge >= 0.3 is 0 Å². The second-order valence-electron chi connectivity index (χ2n) is 6.23. The van der Waals surface area contributed by atoms with Crippen LogP contribution in [0.25, 0.3) is 22.2 Å². The smallest absolute Gasteiger partial charge is 0.273 e. The van der Waals surface area contributed by atoms with Crippen LogP contribution in [0.15, 0.2) is 77.4 Å². The summed E-state index contributed by atoms with van der Waals surface area (Å²) >= 11 is 0. The van der Waals surface area contributed by atoms with E-state index in [1.54, 1.807) is 12.3 Å². The van der Waals surface area contributed by atoms with Crippen LogP contribution < -0.4 is 10.1 Å². The van der Waals surface area contributed by atoms with Gasteiger partial charge in [0.2, 0.25) is 0 Å². The van der Waals surface area contributed by atoms with Crippen molar-refractivity contribution in [2.75, 3.05) is 13.2 Å². The number of hydrogen-bond donors (Lipinski definition) is 1. The Balaban J connectivity index is 1.26. The second kappa shape index (κ2) is 8.35. The Bertz CT molecular complexity index is 1070. The van der Waals surface area contributed by atoms with Gasteiger partial charge in [-0.25, -0.2) is 0 Å². The van der Waals surface area contributed by atoms with E-state index < -0.39 is 0 Å². The van der Waals surface area contributed by atoms with Crippen molar-refractivity contribution in [3.8, 4) is 17.1 Å². The maximum atomic E-state index is 12.2. The molecule has 2 aromatic carbocycles. The molecule has 0 spiro atoms. The number of rotatable bonds is 7. The van der Waals surface area contributed by atoms with Crippen LogP contribution in [0.5, 0.6) is 5.75 Å². The molecular formula is C22H19N3O3. The lowest BCUT2D eigenvalue weighted by Gasteiger charge is -2.08. The minimum absolute atomic E-state index is 0.262. The lowest BCUT2D eigenvalue weighted by Crippen LogP contribution is -2.25. The van der Waals surface area contributed by atoms with Gasteiger partial charge < -0.3 is 14.6 Å². The van der Waals surface area contributed by atoms with Gasteiger partial charge in [-0.3, -0.25) is 9.78 Å². The first-order valence-corrected chi connectivity index (χ1v) is 9.08. The molecule has 1 N–H and O–H groups in total. The molecule has 0 aliphatic rings. The third-order valence-electron chi connectivity index (χ3n) is 4.26. The number of nitrogens with zero attached hydrogens (tertiary/aromatic N) is 2. The number of pyridine rings is 1. The molecule has 0 atom stereocenters. The zero-order valence-electron chi connectivity index (χ0n) is 15.2. The van der Waals surface area contributed by atoms with Gasteiger partial charge in [0, 0.05) is 29.8 Å². The molecule has 140 valence electrons. The molecule has 0 fully saturated rings. The van der Waals surface area contributed by atoms with Crippen LogP contribution in [-0.2, 0) is 0 Å². The van der Waals surface area contributed by atoms with Crippen molar-refractivity contribution in [3.05, 3.63) is 78.6 Å². The van der Waals surface area contributed by atoms with Crippen LogP contribution in [0.4, 0.5) is 0 Å². The number of para-hydroxylation sites is 1. The fourth-order valence-corrected chi connectivity index (χ4v) is 2.86. The first kappa shape index (κ1) is 17.7. The van der Waals surface area contributed by atoms with Crippen molar-refractivity contribution in [1.82, 2.24) is 15.5 Å². The molecular weight excluding hydrogens is 354 g/mol. The minimum Gasteiger partial charge on any atom is -0.491 e. The SMILES string of the molecule is O=C(NCCCOc1cccc2cccnc12)c1cc(-c2ccccc2)on1. The Hall–Kier alpha value is -3.67. The highest BCUT2D eigenvalue weighted by Gasteiger charge is 2.13. The topological polar surface area (TPSA) is 77.2 Å². The molecule has 0 radical (unpaired) electrons. The van der Waals surface area contributed by atoms with Crippen LogP contribution in [0, 0.1) is 0 Å². The van der Waals surface area contributed by atoms with E-state index in [4.69, 9.17) is 9.26 Å². The zero-order valence-corrected chi connectivity index (χ0v) is 15.2. The fraction of sp³-hybridized carbons (Fsp3) is 0.136. The van der Waals surface area contributed by atoms with Gasteiger partial charge in [0.1, 0.15) is 11.3 Å². The quantitative estimate of drug-likeness (QED) is 0.494. The van der Waals surface area contributed by atoms with Gasteiger partial charge in [0.25, 0.3) is 5.91 Å². The highest BCUT2D eigenvalue weighted by Crippen LogP contribution is 2.23. The lowest BCUT2D eigenvalue weighted by atomic mass is 10.1. The van der Waals surface area contributed by atoms with E-state index in [-0.39, 0.29) is 11.6 Å². The average Bonchev–Trinajstić information content (AvgIpc) is 3.25. The van der Waals surface area contributed by atoms with Gasteiger partial charge in [-0.2, -0.15) is 0 Å². The highest BCUT2D eigenvalue weighted by atomic mass is 16.5. The molecule has 2 heterocycles. The number of hydrogen-bond acceptors (Lipinski definition) is 5. The predicted molar refractivity (Wildman–Crippen MR) is 106 cm³/mol. The largest absolute Gasteiger partial charge is 0.491 e. The molecule has 1 amide bonds. The number of aromatic nitrogens is 2. The Morgan fingerprint density at radius 1 is 1.04 bits per heavy atom. The molecule has 6 nitrogen and oxygen atoms in total. The Morgan fingerprint density at radius 2 is 1.89 bits per heavy atom. The highest BCUT2D eigenvalue weighted by molar-refractivity contribution is 5.93. The molecule has 6 heteroatoms. The van der Waals surface area contributed by atoms with Crippen LogP contribution in [0.3, 0.4) is 0 Å². The summed E-state index contributed by atoms with van der Waals surface area (Å²) in [5.41, 5.74) is 1.98. The first-order chi connectivity index (χ1) is 13.8. The predicted octanol–water partition coefficient (Wildman–Crippen LogP) is 4.09. The summed E-state index contributed by atoms with van der Waals surface area (Å²) in [4.78, 5) is 16.6. The van der Waals surface area contributed by atoms with Gasteiger partial charge in [-0.05, 0) is 18.6 Å². The summed E-state index contributed by atoms with van der Waals surface area (Å²) in [6.07, 6.45) is 2.41. The van der Waals surface area contributed by atoms with E-state index in [2.05, 4.69) is 15.5 Å². The third kappa shape index (κ3) is 4.01. The number of carbonyl (C=O) groups is 1. The number of fused-ring (bicyclic) bond motifs is 1. The molecule has 0 aliphatic heterocycles. The van der Waals surface area contributed by atoms with Crippen LogP contribution >= 0.6 is 0 Å². The summed E-state index contributed by atoms with van der Waals surface area (Å²) in [5.74, 6) is 1.05. The van der Waals surface area contributed by atoms with Gasteiger partial charge in [0.05, 0.1) is 6.61 Å². The lowest BCUT2D eigenvalue weighted by molar-refractivity contribution is 0.0942. The minimum atomic E-state index is -0.266. The number of carbonyl (C=O) groups excluding carboxylic acids is 1. The molecule has 4 rings (SSSR count). The number of ether oxygens (including phenoxy) is 1. The van der Waals surface area contributed by atoms with Gasteiger partial charge in [-0.1, -0.05) is 53.7 Å². The average molecular weight is 373 g/mol. The molecule has 0 aliphatic carbocycles. The van der Waals surface area contributed by atoms with E-state index in [1.165, 1.54) is 0 Å². The Labute approximate surface area is 162 Å². The fourth-order valence-electron chi connectivity index (χ4n) is 2.86. The summed E-state index contributed by atoms with van der Waals surface area (Å²) in [6.45, 7) is 0.953. The maximum Gasteiger partial charge on any atom is 0.273 e. The van der Waals surface area contributed by atoms with Crippen molar-refractivity contribution >= 4 is 16.8 Å². The monoisotopic (exact) mass is 373 g/mol. The summed E-state index contributed by atoms with van der Waals surface area (Å²) in [6, 6.07) is 20.9. The second-order valence-corrected chi connectivity index (χ2v) is 6.23. The van der Waals surface area contributed by atoms with Crippen molar-refractivity contribution in [2.45, 2.75) is 6.42 Å². The standard InChI is InChI=1S/C22H19N3O3/c26-22(18-15-20(28-25-18)16-7-2-1-3-8-16)24-13-6-14-27-19-11-4-9-17-10-5-12-23-21(17)19/h1-5,7-12,15H,6,13-14H2,(H,24,26). The molecule has 28 heavy (non-hydrogen) atoms. The maximum absolute atomic E-state index is 12.2. The van der Waals surface area contributed by atoms with Crippen LogP contribution in [0.1, 0.15) is 16.9 Å². The molecule has 0 saturated carbocycles. The number of benzene rings is 2. The molecule has 0 bridgehead atoms. The number of nitrogens with one attached hydrogen (secondary N) is 1. The number of amides is 1. The molecule has 0 unspecified atom stereocenters. The van der Waals surface area contributed by atoms with Gasteiger partial charge in [-0.15, -0.1) is 0 Å². The van der Waals surface area contributed by atoms with Crippen molar-refractivity contribution in [3.63, 3.8) is 0 Å². The first-order valence-electron chi connectivity index (χ1n) is 9.08. The summed E-state index contributed by atoms with van der Waals surface area (Å²) < 4.78 is 11.1.